The van der Waals surface area contributed by atoms with Crippen LogP contribution < -0.4 is 14.4 Å². The summed E-state index contributed by atoms with van der Waals surface area (Å²) < 4.78 is 10.8. The van der Waals surface area contributed by atoms with Gasteiger partial charge in [0.05, 0.1) is 32.0 Å². The lowest BCUT2D eigenvalue weighted by atomic mass is 10.1. The van der Waals surface area contributed by atoms with Crippen molar-refractivity contribution in [1.29, 1.82) is 5.41 Å². The Hall–Kier alpha value is -3.32. The van der Waals surface area contributed by atoms with Gasteiger partial charge >= 0.3 is 0 Å². The summed E-state index contributed by atoms with van der Waals surface area (Å²) in [7, 11) is 3.22. The highest BCUT2D eigenvalue weighted by atomic mass is 32.1. The third-order valence-electron chi connectivity index (χ3n) is 5.17. The Balaban J connectivity index is 1.67. The van der Waals surface area contributed by atoms with E-state index in [2.05, 4.69) is 13.0 Å². The summed E-state index contributed by atoms with van der Waals surface area (Å²) in [5.74, 6) is 1.78. The number of thiazole rings is 1. The van der Waals surface area contributed by atoms with Crippen molar-refractivity contribution in [3.05, 3.63) is 64.2 Å². The average Bonchev–Trinajstić information content (AvgIpc) is 3.37. The number of ether oxygens (including phenoxy) is 2. The summed E-state index contributed by atoms with van der Waals surface area (Å²) in [4.78, 5) is 6.54. The second-order valence-electron chi connectivity index (χ2n) is 6.84. The first kappa shape index (κ1) is 20.0. The monoisotopic (exact) mass is 421 g/mol. The normalized spacial score (nSPS) is 13.8. The van der Waals surface area contributed by atoms with Gasteiger partial charge in [-0.25, -0.2) is 4.98 Å². The number of aliphatic hydroxyl groups is 1. The van der Waals surface area contributed by atoms with Gasteiger partial charge in [-0.3, -0.25) is 5.41 Å². The summed E-state index contributed by atoms with van der Waals surface area (Å²) in [5, 5.41) is 21.9. The van der Waals surface area contributed by atoms with Crippen LogP contribution in [0.15, 0.2) is 53.6 Å². The molecule has 3 aromatic rings. The van der Waals surface area contributed by atoms with E-state index >= 15 is 0 Å². The summed E-state index contributed by atoms with van der Waals surface area (Å²) in [6.07, 6.45) is 0.856. The molecule has 0 bridgehead atoms. The Kier molecular flexibility index (Phi) is 5.46. The molecule has 1 aliphatic rings. The molecule has 154 valence electrons. The molecule has 4 rings (SSSR count). The molecule has 6 nitrogen and oxygen atoms in total. The van der Waals surface area contributed by atoms with Crippen LogP contribution in [0.2, 0.25) is 0 Å². The molecular weight excluding hydrogens is 398 g/mol. The number of hydrogen-bond acceptors (Lipinski definition) is 6. The van der Waals surface area contributed by atoms with Crippen LogP contribution in [-0.4, -0.2) is 36.7 Å². The minimum atomic E-state index is 0.161. The molecule has 0 saturated heterocycles. The van der Waals surface area contributed by atoms with Crippen LogP contribution in [-0.2, 0) is 6.42 Å². The molecule has 2 heterocycles. The standard InChI is InChI=1S/C23H23N3O3S/c1-4-14-7-5-6-8-18(14)26-12-19(27)21(22(26)24)23-25-17(13-30-23)16-10-9-15(28-2)11-20(16)29-3/h5-11,13,24,27H,4,12H2,1-3H3. The molecule has 0 amide bonds. The number of amidine groups is 1. The maximum Gasteiger partial charge on any atom is 0.139 e. The highest BCUT2D eigenvalue weighted by molar-refractivity contribution is 7.11. The van der Waals surface area contributed by atoms with Crippen LogP contribution >= 0.6 is 11.3 Å². The Bertz CT molecular complexity index is 1140. The first-order valence-electron chi connectivity index (χ1n) is 9.62. The maximum absolute atomic E-state index is 10.7. The van der Waals surface area contributed by atoms with E-state index in [1.165, 1.54) is 11.3 Å². The van der Waals surface area contributed by atoms with Gasteiger partial charge in [-0.2, -0.15) is 0 Å². The molecule has 0 atom stereocenters. The molecule has 0 radical (unpaired) electrons. The van der Waals surface area contributed by atoms with Gasteiger partial charge in [-0.1, -0.05) is 25.1 Å². The van der Waals surface area contributed by atoms with Gasteiger partial charge < -0.3 is 19.5 Å². The maximum atomic E-state index is 10.7. The van der Waals surface area contributed by atoms with Crippen LogP contribution in [0.4, 0.5) is 5.69 Å². The summed E-state index contributed by atoms with van der Waals surface area (Å²) in [5.41, 5.74) is 4.12. The minimum Gasteiger partial charge on any atom is -0.510 e. The molecule has 1 aliphatic heterocycles. The van der Waals surface area contributed by atoms with E-state index in [0.29, 0.717) is 22.1 Å². The summed E-state index contributed by atoms with van der Waals surface area (Å²) in [6, 6.07) is 13.5. The average molecular weight is 422 g/mol. The lowest BCUT2D eigenvalue weighted by Crippen LogP contribution is -2.27. The second kappa shape index (κ2) is 8.20. The number of aryl methyl sites for hydroxylation is 1. The zero-order valence-corrected chi connectivity index (χ0v) is 17.9. The third-order valence-corrected chi connectivity index (χ3v) is 6.03. The fraction of sp³-hybridized carbons (Fsp3) is 0.217. The van der Waals surface area contributed by atoms with Crippen LogP contribution in [0.5, 0.6) is 11.5 Å². The van der Waals surface area contributed by atoms with E-state index in [9.17, 15) is 5.11 Å². The van der Waals surface area contributed by atoms with Crippen LogP contribution in [0.25, 0.3) is 16.8 Å². The molecule has 30 heavy (non-hydrogen) atoms. The fourth-order valence-corrected chi connectivity index (χ4v) is 4.49. The molecular formula is C23H23N3O3S. The number of anilines is 1. The van der Waals surface area contributed by atoms with Crippen molar-refractivity contribution in [2.24, 2.45) is 0 Å². The number of hydrogen-bond donors (Lipinski definition) is 2. The summed E-state index contributed by atoms with van der Waals surface area (Å²) >= 11 is 1.40. The fourth-order valence-electron chi connectivity index (χ4n) is 3.61. The van der Waals surface area contributed by atoms with Crippen LogP contribution in [0, 0.1) is 5.41 Å². The Morgan fingerprint density at radius 3 is 2.70 bits per heavy atom. The van der Waals surface area contributed by atoms with Gasteiger partial charge in [0.1, 0.15) is 28.1 Å². The van der Waals surface area contributed by atoms with Crippen molar-refractivity contribution in [2.75, 3.05) is 25.7 Å². The van der Waals surface area contributed by atoms with Gasteiger partial charge in [0.2, 0.25) is 0 Å². The van der Waals surface area contributed by atoms with E-state index in [-0.39, 0.29) is 18.1 Å². The number of methoxy groups -OCH3 is 2. The van der Waals surface area contributed by atoms with Gasteiger partial charge in [0.25, 0.3) is 0 Å². The van der Waals surface area contributed by atoms with E-state index in [1.54, 1.807) is 14.2 Å². The molecule has 0 saturated carbocycles. The number of aromatic nitrogens is 1. The van der Waals surface area contributed by atoms with E-state index in [0.717, 1.165) is 28.9 Å². The topological polar surface area (TPSA) is 78.7 Å². The molecule has 0 fully saturated rings. The third kappa shape index (κ3) is 3.41. The smallest absolute Gasteiger partial charge is 0.139 e. The highest BCUT2D eigenvalue weighted by Gasteiger charge is 2.32. The predicted molar refractivity (Wildman–Crippen MR) is 121 cm³/mol. The van der Waals surface area contributed by atoms with E-state index in [1.807, 2.05) is 46.7 Å². The van der Waals surface area contributed by atoms with Crippen molar-refractivity contribution in [3.63, 3.8) is 0 Å². The minimum absolute atomic E-state index is 0.161. The van der Waals surface area contributed by atoms with Crippen LogP contribution in [0.3, 0.4) is 0 Å². The van der Waals surface area contributed by atoms with Gasteiger partial charge in [0, 0.05) is 22.7 Å². The number of aliphatic hydroxyl groups excluding tert-OH is 1. The first-order valence-corrected chi connectivity index (χ1v) is 10.5. The molecule has 0 unspecified atom stereocenters. The largest absolute Gasteiger partial charge is 0.510 e. The lowest BCUT2D eigenvalue weighted by Gasteiger charge is -2.21. The quantitative estimate of drug-likeness (QED) is 0.575. The molecule has 2 aromatic carbocycles. The molecule has 1 aromatic heterocycles. The van der Waals surface area contributed by atoms with Gasteiger partial charge in [-0.05, 0) is 30.2 Å². The molecule has 0 spiro atoms. The number of rotatable bonds is 6. The Morgan fingerprint density at radius 2 is 1.97 bits per heavy atom. The van der Waals surface area contributed by atoms with Crippen molar-refractivity contribution in [3.8, 4) is 22.8 Å². The number of benzene rings is 2. The van der Waals surface area contributed by atoms with E-state index < -0.39 is 0 Å². The van der Waals surface area contributed by atoms with Gasteiger partial charge in [-0.15, -0.1) is 11.3 Å². The van der Waals surface area contributed by atoms with Crippen LogP contribution in [0.1, 0.15) is 17.5 Å². The molecule has 0 aliphatic carbocycles. The summed E-state index contributed by atoms with van der Waals surface area (Å²) in [6.45, 7) is 2.36. The van der Waals surface area contributed by atoms with Gasteiger partial charge in [0.15, 0.2) is 0 Å². The zero-order valence-electron chi connectivity index (χ0n) is 17.1. The van der Waals surface area contributed by atoms with Crippen molar-refractivity contribution >= 4 is 28.4 Å². The highest BCUT2D eigenvalue weighted by Crippen LogP contribution is 2.38. The zero-order chi connectivity index (χ0) is 21.3. The van der Waals surface area contributed by atoms with Crippen molar-refractivity contribution in [2.45, 2.75) is 13.3 Å². The van der Waals surface area contributed by atoms with Crippen molar-refractivity contribution < 1.29 is 14.6 Å². The predicted octanol–water partition coefficient (Wildman–Crippen LogP) is 5.16. The molecule has 2 N–H and O–H groups in total. The molecule has 7 heteroatoms. The number of nitrogens with zero attached hydrogens (tertiary/aromatic N) is 2. The van der Waals surface area contributed by atoms with Crippen molar-refractivity contribution in [1.82, 2.24) is 4.98 Å². The Morgan fingerprint density at radius 1 is 1.17 bits per heavy atom. The first-order chi connectivity index (χ1) is 14.6. The number of nitrogens with one attached hydrogen (secondary N) is 1. The lowest BCUT2D eigenvalue weighted by molar-refractivity contribution is 0.395. The number of para-hydroxylation sites is 1. The SMILES string of the molecule is CCc1ccccc1N1CC(O)=C(c2nc(-c3ccc(OC)cc3OC)cs2)C1=N. The second-order valence-corrected chi connectivity index (χ2v) is 7.70. The Labute approximate surface area is 179 Å². The van der Waals surface area contributed by atoms with E-state index in [4.69, 9.17) is 19.9 Å².